The van der Waals surface area contributed by atoms with Crippen LogP contribution < -0.4 is 20.7 Å². The normalized spacial score (nSPS) is 30.8. The van der Waals surface area contributed by atoms with E-state index in [0.717, 1.165) is 51.4 Å². The second-order valence-electron chi connectivity index (χ2n) is 13.0. The van der Waals surface area contributed by atoms with Crippen molar-refractivity contribution >= 4 is 11.5 Å². The van der Waals surface area contributed by atoms with E-state index in [1.165, 1.54) is 6.92 Å². The Morgan fingerprint density at radius 1 is 1.21 bits per heavy atom. The van der Waals surface area contributed by atoms with Gasteiger partial charge in [-0.05, 0) is 63.2 Å². The molecule has 1 aromatic heterocycles. The number of aromatic nitrogens is 2. The summed E-state index contributed by atoms with van der Waals surface area (Å²) in [6.45, 7) is 4.99. The number of nitrogens with two attached hydrogens (primary N) is 1. The van der Waals surface area contributed by atoms with Crippen molar-refractivity contribution < 1.29 is 31.4 Å². The molecule has 3 N–H and O–H groups in total. The molecule has 0 amide bonds. The van der Waals surface area contributed by atoms with Gasteiger partial charge in [-0.1, -0.05) is 0 Å². The summed E-state index contributed by atoms with van der Waals surface area (Å²) in [4.78, 5) is 13.8. The molecule has 0 aliphatic carbocycles. The van der Waals surface area contributed by atoms with Crippen molar-refractivity contribution in [1.82, 2.24) is 20.2 Å². The number of fused-ring (bicyclic) bond motifs is 6. The van der Waals surface area contributed by atoms with Gasteiger partial charge in [0.25, 0.3) is 0 Å². The molecular weight excluding hydrogens is 571 g/mol. The first-order valence-electron chi connectivity index (χ1n) is 15.2. The molecule has 6 aliphatic rings. The van der Waals surface area contributed by atoms with Gasteiger partial charge in [0.15, 0.2) is 5.82 Å². The van der Waals surface area contributed by atoms with Crippen molar-refractivity contribution in [2.75, 3.05) is 50.0 Å². The van der Waals surface area contributed by atoms with E-state index in [9.17, 15) is 17.6 Å². The van der Waals surface area contributed by atoms with Crippen molar-refractivity contribution in [1.29, 1.82) is 0 Å². The number of nitrogen functional groups attached to an aromatic ring is 1. The highest BCUT2D eigenvalue weighted by molar-refractivity contribution is 5.55. The lowest BCUT2D eigenvalue weighted by atomic mass is 9.91. The van der Waals surface area contributed by atoms with Gasteiger partial charge < -0.3 is 25.4 Å². The number of rotatable bonds is 5. The zero-order chi connectivity index (χ0) is 30.1. The van der Waals surface area contributed by atoms with Gasteiger partial charge in [0.05, 0.1) is 35.2 Å². The fraction of sp³-hybridized carbons (Fsp3) is 0.667. The number of ether oxygens (including phenoxy) is 2. The van der Waals surface area contributed by atoms with E-state index < -0.39 is 40.9 Å². The zero-order valence-electron chi connectivity index (χ0n) is 24.2. The lowest BCUT2D eigenvalue weighted by molar-refractivity contribution is -0.140. The third-order valence-electron chi connectivity index (χ3n) is 10.1. The zero-order valence-corrected chi connectivity index (χ0v) is 24.2. The number of anilines is 2. The lowest BCUT2D eigenvalue weighted by Gasteiger charge is -2.33. The Morgan fingerprint density at radius 3 is 2.81 bits per heavy atom. The molecule has 7 heterocycles. The quantitative estimate of drug-likeness (QED) is 0.380. The number of nitrogens with one attached hydrogen (secondary N) is 1. The van der Waals surface area contributed by atoms with Crippen LogP contribution in [0, 0.1) is 18.7 Å². The van der Waals surface area contributed by atoms with Gasteiger partial charge in [-0.15, -0.1) is 0 Å². The summed E-state index contributed by atoms with van der Waals surface area (Å²) in [5.41, 5.74) is 4.30. The highest BCUT2D eigenvalue weighted by Gasteiger charge is 2.49. The van der Waals surface area contributed by atoms with Gasteiger partial charge in [-0.3, -0.25) is 4.90 Å². The summed E-state index contributed by atoms with van der Waals surface area (Å²) in [7, 11) is 0. The van der Waals surface area contributed by atoms with E-state index in [1.54, 1.807) is 0 Å². The highest BCUT2D eigenvalue weighted by atomic mass is 19.4. The molecule has 2 aromatic rings. The number of hydrogen-bond acceptors (Lipinski definition) is 8. The summed E-state index contributed by atoms with van der Waals surface area (Å²) >= 11 is 0. The first-order chi connectivity index (χ1) is 20.5. The van der Waals surface area contributed by atoms with Crippen molar-refractivity contribution in [3.05, 3.63) is 39.8 Å². The molecule has 234 valence electrons. The molecule has 43 heavy (non-hydrogen) atoms. The van der Waals surface area contributed by atoms with Crippen molar-refractivity contribution in [3.63, 3.8) is 0 Å². The van der Waals surface area contributed by atoms with Gasteiger partial charge in [0.2, 0.25) is 0 Å². The molecule has 5 fully saturated rings. The average Bonchev–Trinajstić information content (AvgIpc) is 3.30. The van der Waals surface area contributed by atoms with E-state index in [4.69, 9.17) is 20.2 Å². The highest BCUT2D eigenvalue weighted by Crippen LogP contribution is 2.45. The predicted molar refractivity (Wildman–Crippen MR) is 149 cm³/mol. The van der Waals surface area contributed by atoms with Gasteiger partial charge in [-0.25, -0.2) is 8.78 Å². The SMILES string of the molecule is Cc1cc(N)c(F)c(C2Cc3nc(OC[C@@]45CCCN4C[C@H](F)C5)nc(N4CC5CCC(C4)NC5)c3CO2)c1C(F)(F)F. The van der Waals surface area contributed by atoms with E-state index >= 15 is 4.39 Å². The fourth-order valence-electron chi connectivity index (χ4n) is 8.03. The Kier molecular flexibility index (Phi) is 7.20. The topological polar surface area (TPSA) is 88.8 Å². The minimum absolute atomic E-state index is 0.0826. The molecule has 3 unspecified atom stereocenters. The maximum Gasteiger partial charge on any atom is 0.417 e. The van der Waals surface area contributed by atoms with Crippen LogP contribution in [0.2, 0.25) is 0 Å². The van der Waals surface area contributed by atoms with Gasteiger partial charge in [0.1, 0.15) is 18.6 Å². The molecule has 8 rings (SSSR count). The molecule has 13 heteroatoms. The second-order valence-corrected chi connectivity index (χ2v) is 13.0. The third-order valence-corrected chi connectivity index (χ3v) is 10.1. The molecule has 2 bridgehead atoms. The number of alkyl halides is 4. The van der Waals surface area contributed by atoms with E-state index in [0.29, 0.717) is 42.5 Å². The second kappa shape index (κ2) is 10.7. The number of benzene rings is 1. The summed E-state index contributed by atoms with van der Waals surface area (Å²) in [6.07, 6.45) is -2.77. The Balaban J connectivity index is 1.26. The predicted octanol–water partition coefficient (Wildman–Crippen LogP) is 4.48. The third kappa shape index (κ3) is 5.20. The molecule has 1 aromatic carbocycles. The molecule has 0 radical (unpaired) electrons. The monoisotopic (exact) mass is 608 g/mol. The molecular formula is C30H37F5N6O2. The molecule has 5 saturated heterocycles. The number of halogens is 5. The van der Waals surface area contributed by atoms with Crippen LogP contribution in [0.25, 0.3) is 0 Å². The van der Waals surface area contributed by atoms with E-state index in [-0.39, 0.29) is 42.9 Å². The Hall–Kier alpha value is -2.77. The van der Waals surface area contributed by atoms with Crippen LogP contribution in [0.5, 0.6) is 6.01 Å². The van der Waals surface area contributed by atoms with Gasteiger partial charge >= 0.3 is 12.2 Å². The van der Waals surface area contributed by atoms with Crippen LogP contribution in [-0.2, 0) is 23.9 Å². The lowest BCUT2D eigenvalue weighted by Crippen LogP contribution is -2.43. The Bertz CT molecular complexity index is 1390. The van der Waals surface area contributed by atoms with E-state index in [2.05, 4.69) is 20.1 Å². The van der Waals surface area contributed by atoms with Crippen LogP contribution in [0.4, 0.5) is 33.5 Å². The molecule has 8 nitrogen and oxygen atoms in total. The summed E-state index contributed by atoms with van der Waals surface area (Å²) in [5, 5.41) is 3.58. The average molecular weight is 609 g/mol. The minimum Gasteiger partial charge on any atom is -0.461 e. The standard InChI is InChI=1S/C30H37F5N6O2/c1-16-7-21(36)26(32)24(25(16)30(33,34)35)23-8-22-20(14-42-23)27(40-11-17-3-4-19(13-40)37-10-17)39-28(38-22)43-15-29-5-2-6-41(29)12-18(31)9-29/h7,17-19,23,37H,2-6,8-15,36H2,1H3/t17?,18-,19?,23?,29+/m1/s1. The van der Waals surface area contributed by atoms with Crippen LogP contribution >= 0.6 is 0 Å². The number of aryl methyl sites for hydroxylation is 1. The van der Waals surface area contributed by atoms with E-state index in [1.807, 2.05) is 0 Å². The number of nitrogens with zero attached hydrogens (tertiary/aromatic N) is 4. The van der Waals surface area contributed by atoms with Crippen LogP contribution in [0.15, 0.2) is 6.07 Å². The molecule has 0 spiro atoms. The Morgan fingerprint density at radius 2 is 2.05 bits per heavy atom. The first kappa shape index (κ1) is 29.0. The Labute approximate surface area is 247 Å². The largest absolute Gasteiger partial charge is 0.461 e. The summed E-state index contributed by atoms with van der Waals surface area (Å²) < 4.78 is 84.6. The van der Waals surface area contributed by atoms with Crippen molar-refractivity contribution in [3.8, 4) is 6.01 Å². The molecule has 5 atom stereocenters. The van der Waals surface area contributed by atoms with Gasteiger partial charge in [0, 0.05) is 49.6 Å². The van der Waals surface area contributed by atoms with Crippen LogP contribution in [0.1, 0.15) is 66.2 Å². The maximum atomic E-state index is 15.4. The number of hydrogen-bond donors (Lipinski definition) is 2. The number of piperidine rings is 1. The summed E-state index contributed by atoms with van der Waals surface area (Å²) in [6, 6.07) is 1.39. The smallest absolute Gasteiger partial charge is 0.417 e. The maximum absolute atomic E-state index is 15.4. The van der Waals surface area contributed by atoms with Gasteiger partial charge in [-0.2, -0.15) is 23.1 Å². The molecule has 0 saturated carbocycles. The van der Waals surface area contributed by atoms with Crippen LogP contribution in [0.3, 0.4) is 0 Å². The van der Waals surface area contributed by atoms with Crippen molar-refractivity contribution in [2.24, 2.45) is 5.92 Å². The first-order valence-corrected chi connectivity index (χ1v) is 15.2. The summed E-state index contributed by atoms with van der Waals surface area (Å²) in [5.74, 6) is -0.0692. The fourth-order valence-corrected chi connectivity index (χ4v) is 8.03. The minimum atomic E-state index is -4.80. The van der Waals surface area contributed by atoms with Crippen molar-refractivity contribution in [2.45, 2.75) is 82.1 Å². The molecule has 6 aliphatic heterocycles. The van der Waals surface area contributed by atoms with Crippen LogP contribution in [-0.4, -0.2) is 72.0 Å².